The first kappa shape index (κ1) is 22.2. The van der Waals surface area contributed by atoms with Gasteiger partial charge in [0.05, 0.1) is 5.75 Å². The number of carbonyl (C=O) groups excluding carboxylic acids is 2. The number of sulfonamides is 1. The SMILES string of the molecule is CC1(CS(=O)(=O)N2CCC(Oc3cccc(OC(F)(F)F)c3)CC2)NC(=O)NC1=O. The number of nitrogens with zero attached hydrogens (tertiary/aromatic N) is 1. The lowest BCUT2D eigenvalue weighted by atomic mass is 10.1. The van der Waals surface area contributed by atoms with Crippen LogP contribution in [-0.2, 0) is 14.8 Å². The second-order valence-corrected chi connectivity index (χ2v) is 9.20. The van der Waals surface area contributed by atoms with Crippen molar-refractivity contribution in [2.24, 2.45) is 0 Å². The van der Waals surface area contributed by atoms with Crippen LogP contribution in [0.5, 0.6) is 11.5 Å². The van der Waals surface area contributed by atoms with E-state index >= 15 is 0 Å². The van der Waals surface area contributed by atoms with Gasteiger partial charge in [-0.25, -0.2) is 17.5 Å². The molecule has 2 aliphatic rings. The molecule has 2 fully saturated rings. The molecule has 0 spiro atoms. The van der Waals surface area contributed by atoms with Gasteiger partial charge in [-0.3, -0.25) is 10.1 Å². The zero-order valence-corrected chi connectivity index (χ0v) is 16.7. The van der Waals surface area contributed by atoms with Crippen molar-refractivity contribution in [3.05, 3.63) is 24.3 Å². The van der Waals surface area contributed by atoms with Gasteiger partial charge in [-0.2, -0.15) is 0 Å². The molecule has 1 aromatic carbocycles. The lowest BCUT2D eigenvalue weighted by molar-refractivity contribution is -0.274. The first-order valence-electron chi connectivity index (χ1n) is 9.00. The summed E-state index contributed by atoms with van der Waals surface area (Å²) < 4.78 is 73.1. The van der Waals surface area contributed by atoms with E-state index in [-0.39, 0.29) is 18.8 Å². The molecule has 1 atom stereocenters. The maximum atomic E-state index is 12.7. The van der Waals surface area contributed by atoms with Gasteiger partial charge < -0.3 is 14.8 Å². The number of alkyl halides is 3. The van der Waals surface area contributed by atoms with E-state index in [9.17, 15) is 31.2 Å². The Balaban J connectivity index is 1.56. The number of ether oxygens (including phenoxy) is 2. The average Bonchev–Trinajstić information content (AvgIpc) is 2.85. The molecule has 0 saturated carbocycles. The second kappa shape index (κ2) is 7.95. The molecule has 2 heterocycles. The van der Waals surface area contributed by atoms with Crippen molar-refractivity contribution >= 4 is 22.0 Å². The lowest BCUT2D eigenvalue weighted by Crippen LogP contribution is -2.53. The molecule has 0 radical (unpaired) electrons. The largest absolute Gasteiger partial charge is 0.573 e. The zero-order valence-electron chi connectivity index (χ0n) is 15.9. The van der Waals surface area contributed by atoms with Crippen molar-refractivity contribution in [2.45, 2.75) is 37.8 Å². The first-order valence-corrected chi connectivity index (χ1v) is 10.6. The highest BCUT2D eigenvalue weighted by Crippen LogP contribution is 2.28. The summed E-state index contributed by atoms with van der Waals surface area (Å²) in [6.07, 6.45) is -4.61. The van der Waals surface area contributed by atoms with Crippen molar-refractivity contribution in [3.63, 3.8) is 0 Å². The van der Waals surface area contributed by atoms with E-state index in [1.54, 1.807) is 0 Å². The quantitative estimate of drug-likeness (QED) is 0.632. The van der Waals surface area contributed by atoms with Crippen molar-refractivity contribution in [2.75, 3.05) is 18.8 Å². The second-order valence-electron chi connectivity index (χ2n) is 7.24. The van der Waals surface area contributed by atoms with E-state index in [2.05, 4.69) is 10.1 Å². The number of carbonyl (C=O) groups is 2. The lowest BCUT2D eigenvalue weighted by Gasteiger charge is -2.33. The van der Waals surface area contributed by atoms with E-state index in [1.807, 2.05) is 5.32 Å². The summed E-state index contributed by atoms with van der Waals surface area (Å²) in [6, 6.07) is 4.35. The number of hydrogen-bond acceptors (Lipinski definition) is 6. The van der Waals surface area contributed by atoms with E-state index in [4.69, 9.17) is 4.74 Å². The van der Waals surface area contributed by atoms with Crippen LogP contribution in [0, 0.1) is 0 Å². The van der Waals surface area contributed by atoms with Crippen LogP contribution in [0.1, 0.15) is 19.8 Å². The van der Waals surface area contributed by atoms with Gasteiger partial charge in [0, 0.05) is 19.2 Å². The zero-order chi connectivity index (χ0) is 22.2. The fraction of sp³-hybridized carbons (Fsp3) is 0.529. The molecule has 0 aliphatic carbocycles. The number of amides is 3. The Labute approximate surface area is 170 Å². The number of urea groups is 1. The molecule has 2 N–H and O–H groups in total. The monoisotopic (exact) mass is 451 g/mol. The van der Waals surface area contributed by atoms with Crippen molar-refractivity contribution in [1.82, 2.24) is 14.9 Å². The molecular formula is C17H20F3N3O6S. The summed E-state index contributed by atoms with van der Waals surface area (Å²) in [6.45, 7) is 1.55. The standard InChI is InChI=1S/C17H20F3N3O6S/c1-16(14(24)21-15(25)22-16)10-30(26,27)23-7-5-11(6-8-23)28-12-3-2-4-13(9-12)29-17(18,19)20/h2-4,9,11H,5-8,10H2,1H3,(H2,21,22,24,25). The molecule has 0 aromatic heterocycles. The molecule has 2 aliphatic heterocycles. The van der Waals surface area contributed by atoms with Gasteiger partial charge in [0.2, 0.25) is 10.0 Å². The molecule has 9 nitrogen and oxygen atoms in total. The van der Waals surface area contributed by atoms with Gasteiger partial charge in [-0.05, 0) is 31.9 Å². The van der Waals surface area contributed by atoms with Gasteiger partial charge >= 0.3 is 12.4 Å². The van der Waals surface area contributed by atoms with Crippen LogP contribution in [0.25, 0.3) is 0 Å². The number of halogens is 3. The Kier molecular flexibility index (Phi) is 5.87. The number of hydrogen-bond donors (Lipinski definition) is 2. The maximum Gasteiger partial charge on any atom is 0.573 e. The van der Waals surface area contributed by atoms with Crippen LogP contribution in [0.3, 0.4) is 0 Å². The van der Waals surface area contributed by atoms with E-state index in [1.165, 1.54) is 23.4 Å². The minimum atomic E-state index is -4.81. The Morgan fingerprint density at radius 3 is 2.40 bits per heavy atom. The molecule has 0 bridgehead atoms. The molecule has 3 amide bonds. The predicted octanol–water partition coefficient (Wildman–Crippen LogP) is 1.36. The Hall–Kier alpha value is -2.54. The summed E-state index contributed by atoms with van der Waals surface area (Å²) >= 11 is 0. The van der Waals surface area contributed by atoms with Gasteiger partial charge in [-0.1, -0.05) is 6.07 Å². The minimum Gasteiger partial charge on any atom is -0.490 e. The Morgan fingerprint density at radius 2 is 1.83 bits per heavy atom. The van der Waals surface area contributed by atoms with Crippen molar-refractivity contribution in [3.8, 4) is 11.5 Å². The molecule has 13 heteroatoms. The van der Waals surface area contributed by atoms with Crippen LogP contribution in [0.2, 0.25) is 0 Å². The van der Waals surface area contributed by atoms with Crippen LogP contribution >= 0.6 is 0 Å². The number of rotatable bonds is 6. The van der Waals surface area contributed by atoms with E-state index in [0.717, 1.165) is 12.1 Å². The Bertz CT molecular complexity index is 931. The highest BCUT2D eigenvalue weighted by Gasteiger charge is 2.47. The van der Waals surface area contributed by atoms with Gasteiger partial charge in [-0.15, -0.1) is 13.2 Å². The highest BCUT2D eigenvalue weighted by atomic mass is 32.2. The summed E-state index contributed by atoms with van der Waals surface area (Å²) in [5, 5.41) is 4.33. The molecular weight excluding hydrogens is 431 g/mol. The van der Waals surface area contributed by atoms with Crippen LogP contribution in [0.15, 0.2) is 24.3 Å². The minimum absolute atomic E-state index is 0.109. The van der Waals surface area contributed by atoms with Crippen molar-refractivity contribution < 1.29 is 40.7 Å². The van der Waals surface area contributed by atoms with Crippen LogP contribution in [-0.4, -0.2) is 61.5 Å². The van der Waals surface area contributed by atoms with Gasteiger partial charge in [0.15, 0.2) is 0 Å². The fourth-order valence-corrected chi connectivity index (χ4v) is 5.19. The molecule has 2 saturated heterocycles. The molecule has 1 unspecified atom stereocenters. The third kappa shape index (κ3) is 5.33. The number of benzene rings is 1. The average molecular weight is 451 g/mol. The van der Waals surface area contributed by atoms with E-state index in [0.29, 0.717) is 12.8 Å². The predicted molar refractivity (Wildman–Crippen MR) is 97.2 cm³/mol. The number of imide groups is 1. The van der Waals surface area contributed by atoms with Gasteiger partial charge in [0.25, 0.3) is 5.91 Å². The maximum absolute atomic E-state index is 12.7. The summed E-state index contributed by atoms with van der Waals surface area (Å²) in [4.78, 5) is 23.2. The normalized spacial score (nSPS) is 23.7. The van der Waals surface area contributed by atoms with Gasteiger partial charge in [0.1, 0.15) is 23.1 Å². The highest BCUT2D eigenvalue weighted by molar-refractivity contribution is 7.89. The third-order valence-corrected chi connectivity index (χ3v) is 6.82. The number of piperidine rings is 1. The molecule has 166 valence electrons. The van der Waals surface area contributed by atoms with E-state index < -0.39 is 51.5 Å². The summed E-state index contributed by atoms with van der Waals surface area (Å²) in [7, 11) is -3.85. The smallest absolute Gasteiger partial charge is 0.490 e. The summed E-state index contributed by atoms with van der Waals surface area (Å²) in [5.41, 5.74) is -1.55. The summed E-state index contributed by atoms with van der Waals surface area (Å²) in [5.74, 6) is -1.53. The molecule has 1 aromatic rings. The third-order valence-electron chi connectivity index (χ3n) is 4.72. The van der Waals surface area contributed by atoms with Crippen LogP contribution < -0.4 is 20.1 Å². The van der Waals surface area contributed by atoms with Crippen molar-refractivity contribution in [1.29, 1.82) is 0 Å². The molecule has 30 heavy (non-hydrogen) atoms. The topological polar surface area (TPSA) is 114 Å². The van der Waals surface area contributed by atoms with Crippen LogP contribution in [0.4, 0.5) is 18.0 Å². The first-order chi connectivity index (χ1) is 13.9. The molecule has 3 rings (SSSR count). The fourth-order valence-electron chi connectivity index (χ4n) is 3.30. The number of nitrogens with one attached hydrogen (secondary N) is 2. The Morgan fingerprint density at radius 1 is 1.20 bits per heavy atom.